The third kappa shape index (κ3) is 1.56. The van der Waals surface area contributed by atoms with Crippen LogP contribution in [0.3, 0.4) is 0 Å². The Morgan fingerprint density at radius 3 is 2.95 bits per heavy atom. The molecule has 3 atom stereocenters. The molecule has 1 N–H and O–H groups in total. The summed E-state index contributed by atoms with van der Waals surface area (Å²) in [6, 6.07) is 6.04. The lowest BCUT2D eigenvalue weighted by Crippen LogP contribution is -2.69. The fourth-order valence-corrected chi connectivity index (χ4v) is 5.28. The van der Waals surface area contributed by atoms with Crippen molar-refractivity contribution in [3.8, 4) is 5.75 Å². The number of fused-ring (bicyclic) bond motifs is 1. The van der Waals surface area contributed by atoms with E-state index in [0.717, 1.165) is 30.7 Å². The number of piperidine rings is 1. The predicted octanol–water partition coefficient (Wildman–Crippen LogP) is 3.07. The number of methoxy groups -OCH3 is 1. The monoisotopic (exact) mass is 285 g/mol. The lowest BCUT2D eigenvalue weighted by molar-refractivity contribution is 0.0238. The topological polar surface area (TPSA) is 38.3 Å². The molecule has 3 heteroatoms. The molecule has 4 rings (SSSR count). The molecule has 0 radical (unpaired) electrons. The van der Waals surface area contributed by atoms with Crippen LogP contribution in [0.25, 0.3) is 0 Å². The molecule has 1 aromatic rings. The number of Topliss-reactive ketones (excluding diaryl/α,β-unsaturated/α-hetero) is 1. The van der Waals surface area contributed by atoms with Gasteiger partial charge in [0, 0.05) is 11.0 Å². The Hall–Kier alpha value is -1.35. The van der Waals surface area contributed by atoms with Crippen molar-refractivity contribution in [3.05, 3.63) is 29.3 Å². The fourth-order valence-electron chi connectivity index (χ4n) is 5.28. The summed E-state index contributed by atoms with van der Waals surface area (Å²) in [5, 5.41) is 3.56. The van der Waals surface area contributed by atoms with Crippen molar-refractivity contribution in [2.45, 2.75) is 50.0 Å². The van der Waals surface area contributed by atoms with Crippen LogP contribution in [0.15, 0.2) is 18.2 Å². The normalized spacial score (nSPS) is 37.6. The average Bonchev–Trinajstić information content (AvgIpc) is 2.53. The minimum absolute atomic E-state index is 0.177. The van der Waals surface area contributed by atoms with Crippen molar-refractivity contribution in [1.29, 1.82) is 0 Å². The maximum absolute atomic E-state index is 13.1. The number of hydrogen-bond acceptors (Lipinski definition) is 3. The minimum Gasteiger partial charge on any atom is -0.497 e. The van der Waals surface area contributed by atoms with Crippen molar-refractivity contribution in [3.63, 3.8) is 0 Å². The first kappa shape index (κ1) is 13.3. The number of nitrogens with one attached hydrogen (secondary N) is 1. The van der Waals surface area contributed by atoms with Crippen LogP contribution in [0.1, 0.15) is 54.9 Å². The Morgan fingerprint density at radius 2 is 2.14 bits per heavy atom. The van der Waals surface area contributed by atoms with Crippen molar-refractivity contribution in [2.75, 3.05) is 13.7 Å². The molecule has 21 heavy (non-hydrogen) atoms. The minimum atomic E-state index is -0.375. The van der Waals surface area contributed by atoms with E-state index in [-0.39, 0.29) is 16.7 Å². The third-order valence-electron chi connectivity index (χ3n) is 6.27. The van der Waals surface area contributed by atoms with Crippen molar-refractivity contribution < 1.29 is 9.53 Å². The molecule has 2 aliphatic carbocycles. The zero-order valence-corrected chi connectivity index (χ0v) is 12.9. The number of ketones is 1. The molecule has 1 saturated heterocycles. The van der Waals surface area contributed by atoms with Crippen LogP contribution in [0.4, 0.5) is 0 Å². The molecule has 2 fully saturated rings. The van der Waals surface area contributed by atoms with Gasteiger partial charge in [-0.1, -0.05) is 12.8 Å². The fraction of sp³-hybridized carbons (Fsp3) is 0.611. The first-order valence-electron chi connectivity index (χ1n) is 8.10. The summed E-state index contributed by atoms with van der Waals surface area (Å²) in [6.07, 6.45) is 6.03. The molecule has 0 amide bonds. The Bertz CT molecular complexity index is 607. The van der Waals surface area contributed by atoms with E-state index in [1.54, 1.807) is 7.11 Å². The molecule has 1 unspecified atom stereocenters. The van der Waals surface area contributed by atoms with Crippen LogP contribution in [0.2, 0.25) is 0 Å². The van der Waals surface area contributed by atoms with Gasteiger partial charge in [-0.15, -0.1) is 0 Å². The summed E-state index contributed by atoms with van der Waals surface area (Å²) in [4.78, 5) is 13.1. The first-order valence-corrected chi connectivity index (χ1v) is 8.10. The number of benzene rings is 1. The summed E-state index contributed by atoms with van der Waals surface area (Å²) in [7, 11) is 1.70. The van der Waals surface area contributed by atoms with Crippen molar-refractivity contribution >= 4 is 5.78 Å². The van der Waals surface area contributed by atoms with Crippen molar-refractivity contribution in [2.24, 2.45) is 5.92 Å². The van der Waals surface area contributed by atoms with Gasteiger partial charge in [0.2, 0.25) is 0 Å². The van der Waals surface area contributed by atoms with E-state index in [2.05, 4.69) is 18.3 Å². The molecule has 1 aliphatic heterocycles. The highest BCUT2D eigenvalue weighted by molar-refractivity contribution is 6.06. The van der Waals surface area contributed by atoms with Crippen LogP contribution < -0.4 is 10.1 Å². The highest BCUT2D eigenvalue weighted by atomic mass is 16.5. The van der Waals surface area contributed by atoms with Crippen LogP contribution in [-0.4, -0.2) is 25.0 Å². The van der Waals surface area contributed by atoms with Crippen LogP contribution in [0, 0.1) is 5.92 Å². The zero-order chi connectivity index (χ0) is 14.7. The van der Waals surface area contributed by atoms with Gasteiger partial charge >= 0.3 is 0 Å². The van der Waals surface area contributed by atoms with Crippen LogP contribution in [0.5, 0.6) is 5.75 Å². The molecular weight excluding hydrogens is 262 g/mol. The summed E-state index contributed by atoms with van der Waals surface area (Å²) in [5.74, 6) is 1.59. The summed E-state index contributed by atoms with van der Waals surface area (Å²) in [6.45, 7) is 3.07. The van der Waals surface area contributed by atoms with Gasteiger partial charge in [0.1, 0.15) is 5.75 Å². The Balaban J connectivity index is 1.99. The standard InChI is InChI=1S/C18H23NO2/c1-17-15-5-3-4-8-18(15,9-10-19-17)14-11-12(21-2)6-7-13(14)16(17)20/h6-7,11,15,19H,3-5,8-10H2,1-2H3/t15-,17-,18?/m1/s1. The predicted molar refractivity (Wildman–Crippen MR) is 82.0 cm³/mol. The summed E-state index contributed by atoms with van der Waals surface area (Å²) >= 11 is 0. The van der Waals surface area contributed by atoms with E-state index in [9.17, 15) is 4.79 Å². The average molecular weight is 285 g/mol. The molecule has 3 nitrogen and oxygen atoms in total. The highest BCUT2D eigenvalue weighted by Gasteiger charge is 2.60. The van der Waals surface area contributed by atoms with E-state index in [4.69, 9.17) is 4.74 Å². The molecule has 112 valence electrons. The van der Waals surface area contributed by atoms with E-state index in [1.165, 1.54) is 24.8 Å². The maximum atomic E-state index is 13.1. The van der Waals surface area contributed by atoms with Gasteiger partial charge in [0.05, 0.1) is 12.6 Å². The quantitative estimate of drug-likeness (QED) is 0.862. The van der Waals surface area contributed by atoms with Gasteiger partial charge in [-0.05, 0) is 62.4 Å². The number of rotatable bonds is 1. The van der Waals surface area contributed by atoms with E-state index in [1.807, 2.05) is 12.1 Å². The number of hydrogen-bond donors (Lipinski definition) is 1. The number of carbonyl (C=O) groups is 1. The van der Waals surface area contributed by atoms with Crippen LogP contribution in [-0.2, 0) is 5.41 Å². The van der Waals surface area contributed by atoms with E-state index in [0.29, 0.717) is 5.92 Å². The van der Waals surface area contributed by atoms with Gasteiger partial charge in [0.15, 0.2) is 5.78 Å². The largest absolute Gasteiger partial charge is 0.497 e. The van der Waals surface area contributed by atoms with Gasteiger partial charge < -0.3 is 10.1 Å². The molecule has 3 aliphatic rings. The Labute approximate surface area is 126 Å². The SMILES string of the molecule is COc1ccc2c(c1)C13CCCC[C@@H]1[C@@](C)(NCC3)C2=O. The molecule has 2 bridgehead atoms. The summed E-state index contributed by atoms with van der Waals surface area (Å²) in [5.41, 5.74) is 1.98. The zero-order valence-electron chi connectivity index (χ0n) is 12.9. The van der Waals surface area contributed by atoms with Crippen molar-refractivity contribution in [1.82, 2.24) is 5.32 Å². The summed E-state index contributed by atoms with van der Waals surface area (Å²) < 4.78 is 5.43. The number of carbonyl (C=O) groups excluding carboxylic acids is 1. The molecule has 1 heterocycles. The maximum Gasteiger partial charge on any atom is 0.183 e. The third-order valence-corrected chi connectivity index (χ3v) is 6.27. The first-order chi connectivity index (χ1) is 10.1. The molecule has 1 saturated carbocycles. The lowest BCUT2D eigenvalue weighted by Gasteiger charge is -2.59. The highest BCUT2D eigenvalue weighted by Crippen LogP contribution is 2.57. The molecular formula is C18H23NO2. The van der Waals surface area contributed by atoms with E-state index >= 15 is 0 Å². The van der Waals surface area contributed by atoms with Gasteiger partial charge in [-0.25, -0.2) is 0 Å². The Morgan fingerprint density at radius 1 is 1.29 bits per heavy atom. The van der Waals surface area contributed by atoms with E-state index < -0.39 is 0 Å². The number of ether oxygens (including phenoxy) is 1. The molecule has 1 aromatic carbocycles. The molecule has 0 spiro atoms. The second-order valence-corrected chi connectivity index (χ2v) is 7.07. The molecule has 0 aromatic heterocycles. The lowest BCUT2D eigenvalue weighted by atomic mass is 9.48. The van der Waals surface area contributed by atoms with Gasteiger partial charge in [-0.3, -0.25) is 4.79 Å². The van der Waals surface area contributed by atoms with Gasteiger partial charge in [-0.2, -0.15) is 0 Å². The second-order valence-electron chi connectivity index (χ2n) is 7.07. The Kier molecular flexibility index (Phi) is 2.74. The van der Waals surface area contributed by atoms with Crippen LogP contribution >= 0.6 is 0 Å². The smallest absolute Gasteiger partial charge is 0.183 e. The van der Waals surface area contributed by atoms with Gasteiger partial charge in [0.25, 0.3) is 0 Å². The second kappa shape index (κ2) is 4.33.